The minimum absolute atomic E-state index is 0.00646. The van der Waals surface area contributed by atoms with Crippen molar-refractivity contribution in [3.63, 3.8) is 0 Å². The molecule has 4 N–H and O–H groups in total. The minimum Gasteiger partial charge on any atom is -0.508 e. The maximum Gasteiger partial charge on any atom is 0.209 e. The van der Waals surface area contributed by atoms with Gasteiger partial charge < -0.3 is 39.4 Å². The largest absolute Gasteiger partial charge is 0.508 e. The number of nitrogens with zero attached hydrogens (tertiary/aromatic N) is 4. The summed E-state index contributed by atoms with van der Waals surface area (Å²) in [6, 6.07) is 77.5. The first-order chi connectivity index (χ1) is 60.7. The van der Waals surface area contributed by atoms with E-state index < -0.39 is 11.6 Å². The zero-order chi connectivity index (χ0) is 86.4. The third-order valence-corrected chi connectivity index (χ3v) is 27.4. The molecule has 0 saturated carbocycles. The second kappa shape index (κ2) is 38.2. The van der Waals surface area contributed by atoms with Crippen LogP contribution in [0.5, 0.6) is 69.0 Å². The molecule has 4 saturated heterocycles. The van der Waals surface area contributed by atoms with E-state index in [9.17, 15) is 44.0 Å². The van der Waals surface area contributed by atoms with Gasteiger partial charge in [-0.3, -0.25) is 38.8 Å². The van der Waals surface area contributed by atoms with Crippen molar-refractivity contribution < 1.29 is 62.9 Å². The maximum absolute atomic E-state index is 14.3. The van der Waals surface area contributed by atoms with E-state index in [0.717, 1.165) is 120 Å². The molecular weight excluding hydrogens is 1690 g/mol. The Morgan fingerprint density at radius 1 is 0.336 bits per heavy atom. The smallest absolute Gasteiger partial charge is 0.209 e. The third kappa shape index (κ3) is 19.9. The van der Waals surface area contributed by atoms with Crippen LogP contribution >= 0.6 is 68.5 Å². The average molecular weight is 1780 g/mol. The lowest BCUT2D eigenvalue weighted by molar-refractivity contribution is 0.102. The second-order valence-electron chi connectivity index (χ2n) is 31.4. The van der Waals surface area contributed by atoms with Crippen molar-refractivity contribution in [2.45, 2.75) is 65.7 Å². The Labute approximate surface area is 747 Å². The highest BCUT2D eigenvalue weighted by atomic mass is 35.5. The van der Waals surface area contributed by atoms with Crippen LogP contribution in [0.15, 0.2) is 261 Å². The quantitative estimate of drug-likeness (QED) is 0.0416. The van der Waals surface area contributed by atoms with E-state index in [1.165, 1.54) is 105 Å². The van der Waals surface area contributed by atoms with Crippen LogP contribution in [-0.4, -0.2) is 116 Å². The van der Waals surface area contributed by atoms with E-state index in [0.29, 0.717) is 102 Å². The van der Waals surface area contributed by atoms with E-state index in [1.54, 1.807) is 127 Å². The fourth-order valence-corrected chi connectivity index (χ4v) is 19.8. The van der Waals surface area contributed by atoms with Crippen LogP contribution in [-0.2, 0) is 26.2 Å². The molecule has 0 radical (unpaired) electrons. The fourth-order valence-electron chi connectivity index (χ4n) is 15.0. The number of ether oxygens (including phenoxy) is 4. The molecule has 4 aliphatic rings. The number of hydrogen-bond donors (Lipinski definition) is 4. The number of likely N-dealkylation sites (tertiary alicyclic amines) is 4. The molecule has 0 unspecified atom stereocenters. The van der Waals surface area contributed by atoms with Crippen LogP contribution in [0.3, 0.4) is 0 Å². The van der Waals surface area contributed by atoms with Crippen molar-refractivity contribution in [2.75, 3.05) is 52.4 Å². The molecule has 16 aromatic rings. The molecule has 0 atom stereocenters. The SMILES string of the molecule is Cc1ccc(C(=O)c2sc3cc(O)ccc3c2Oc2ccc(CN3CCC3)cc2)c(C)c1.O=C(c1ccc(Cl)cc1)c1sc2cc(O)ccc2c1Oc1ccc(CN2CCC2)cc1.O=C(c1ccccc1Cl)c1sc2cc(O)ccc2c1Oc1ccc(CN2CCC2)cc1.O=C(c1ccccc1F)c1sc2cc(O)ccc2c1Oc1ccc(CN2CCC2)cc1. The summed E-state index contributed by atoms with van der Waals surface area (Å²) < 4.78 is 42.3. The third-order valence-electron chi connectivity index (χ3n) is 22.3. The summed E-state index contributed by atoms with van der Waals surface area (Å²) >= 11 is 17.4. The summed E-state index contributed by atoms with van der Waals surface area (Å²) in [5.74, 6) is 3.70. The molecule has 630 valence electrons. The summed E-state index contributed by atoms with van der Waals surface area (Å²) in [4.78, 5) is 64.7. The van der Waals surface area contributed by atoms with E-state index in [1.807, 2.05) is 98.8 Å². The summed E-state index contributed by atoms with van der Waals surface area (Å²) in [5, 5.41) is 43.7. The van der Waals surface area contributed by atoms with Crippen molar-refractivity contribution in [3.8, 4) is 69.0 Å². The van der Waals surface area contributed by atoms with E-state index in [4.69, 9.17) is 42.1 Å². The minimum atomic E-state index is -0.575. The van der Waals surface area contributed by atoms with Crippen molar-refractivity contribution in [2.24, 2.45) is 0 Å². The zero-order valence-electron chi connectivity index (χ0n) is 68.3. The van der Waals surface area contributed by atoms with Crippen molar-refractivity contribution >= 4 is 132 Å². The van der Waals surface area contributed by atoms with Crippen molar-refractivity contribution in [1.82, 2.24) is 19.6 Å². The van der Waals surface area contributed by atoms with E-state index in [2.05, 4.69) is 56.0 Å². The van der Waals surface area contributed by atoms with Gasteiger partial charge in [-0.15, -0.1) is 45.3 Å². The number of carbonyl (C=O) groups excluding carboxylic acids is 4. The number of aryl methyl sites for hydroxylation is 2. The molecule has 0 aliphatic carbocycles. The van der Waals surface area contributed by atoms with Gasteiger partial charge in [0.05, 0.1) is 10.6 Å². The number of halogens is 3. The van der Waals surface area contributed by atoms with Gasteiger partial charge in [0.1, 0.15) is 71.3 Å². The zero-order valence-corrected chi connectivity index (χ0v) is 73.0. The number of ketones is 4. The first-order valence-electron chi connectivity index (χ1n) is 41.2. The highest BCUT2D eigenvalue weighted by Crippen LogP contribution is 2.48. The molecule has 8 heterocycles. The van der Waals surface area contributed by atoms with Gasteiger partial charge in [-0.25, -0.2) is 4.39 Å². The first-order valence-corrected chi connectivity index (χ1v) is 45.2. The monoisotopic (exact) mass is 1770 g/mol. The number of rotatable bonds is 24. The Kier molecular flexibility index (Phi) is 26.0. The predicted octanol–water partition coefficient (Wildman–Crippen LogP) is 25.4. The molecule has 12 aromatic carbocycles. The lowest BCUT2D eigenvalue weighted by Gasteiger charge is -2.30. The van der Waals surface area contributed by atoms with Crippen LogP contribution in [0.1, 0.15) is 120 Å². The number of fused-ring (bicyclic) bond motifs is 4. The normalized spacial score (nSPS) is 13.8. The number of phenolic OH excluding ortho intramolecular Hbond substituents is 4. The number of thiophene rings is 4. The van der Waals surface area contributed by atoms with Gasteiger partial charge >= 0.3 is 0 Å². The van der Waals surface area contributed by atoms with Gasteiger partial charge in [0.15, 0.2) is 23.0 Å². The highest BCUT2D eigenvalue weighted by Gasteiger charge is 2.30. The maximum atomic E-state index is 14.3. The molecule has 4 aliphatic heterocycles. The van der Waals surface area contributed by atoms with E-state index in [-0.39, 0.29) is 45.9 Å². The lowest BCUT2D eigenvalue weighted by atomic mass is 10.0. The number of benzene rings is 12. The molecule has 4 fully saturated rings. The standard InChI is InChI=1S/C27H25NO3S.2C25H20ClNO3S.C25H20FNO3S/c1-17-4-10-22(18(2)14-17)25(30)27-26(23-11-7-20(29)15-24(23)32-27)31-21-8-5-19(6-9-21)16-28-12-3-13-28;26-18-6-4-17(5-7-18)23(29)25-24(21-11-8-19(28)14-22(21)31-25)30-20-9-2-16(3-10-20)15-27-12-1-13-27;2*26-21-5-2-1-4-19(21)23(29)25-24(20-11-8-17(28)14-22(20)31-25)30-18-9-6-16(7-10-18)15-27-12-3-13-27/h4-11,14-15,29H,3,12-13,16H2,1-2H3;2-11,14,28H,1,12-13,15H2;2*1-2,4-11,14,28H,3,12-13,15H2. The molecule has 16 nitrogen and oxygen atoms in total. The van der Waals surface area contributed by atoms with Crippen molar-refractivity contribution in [3.05, 3.63) is 352 Å². The van der Waals surface area contributed by atoms with Gasteiger partial charge in [-0.2, -0.15) is 0 Å². The Hall–Kier alpha value is -12.1. The Bertz CT molecular complexity index is 6480. The Morgan fingerprint density at radius 3 is 0.952 bits per heavy atom. The summed E-state index contributed by atoms with van der Waals surface area (Å²) in [6.45, 7) is 16.9. The number of aromatic hydroxyl groups is 4. The van der Waals surface area contributed by atoms with Crippen LogP contribution in [0, 0.1) is 19.7 Å². The van der Waals surface area contributed by atoms with Gasteiger partial charge in [-0.05, 0) is 290 Å². The van der Waals surface area contributed by atoms with Gasteiger partial charge in [0, 0.05) is 88.2 Å². The summed E-state index contributed by atoms with van der Waals surface area (Å²) in [6.07, 6.45) is 5.07. The number of hydrogen-bond acceptors (Lipinski definition) is 20. The molecule has 125 heavy (non-hydrogen) atoms. The molecular formula is C102H85Cl2FN4O12S4. The fraction of sp³-hybridized carbons (Fsp3) is 0.176. The molecule has 23 heteroatoms. The summed E-state index contributed by atoms with van der Waals surface area (Å²) in [7, 11) is 0. The predicted molar refractivity (Wildman–Crippen MR) is 499 cm³/mol. The number of carbonyl (C=O) groups is 4. The van der Waals surface area contributed by atoms with Crippen LogP contribution in [0.25, 0.3) is 40.3 Å². The highest BCUT2D eigenvalue weighted by molar-refractivity contribution is 7.22. The van der Waals surface area contributed by atoms with Crippen LogP contribution in [0.4, 0.5) is 4.39 Å². The molecule has 0 spiro atoms. The molecule has 20 rings (SSSR count). The molecule has 0 bridgehead atoms. The summed E-state index contributed by atoms with van der Waals surface area (Å²) in [5.41, 5.74) is 8.62. The second-order valence-corrected chi connectivity index (χ2v) is 36.4. The number of phenols is 4. The Morgan fingerprint density at radius 2 is 0.640 bits per heavy atom. The van der Waals surface area contributed by atoms with E-state index >= 15 is 0 Å². The van der Waals surface area contributed by atoms with Gasteiger partial charge in [0.25, 0.3) is 0 Å². The molecule has 4 aromatic heterocycles. The van der Waals surface area contributed by atoms with Crippen LogP contribution in [0.2, 0.25) is 10.0 Å². The van der Waals surface area contributed by atoms with Gasteiger partial charge in [-0.1, -0.05) is 120 Å². The molecule has 0 amide bonds. The lowest BCUT2D eigenvalue weighted by Crippen LogP contribution is -2.36. The first kappa shape index (κ1) is 85.1. The van der Waals surface area contributed by atoms with Gasteiger partial charge in [0.2, 0.25) is 23.1 Å². The topological polar surface area (TPSA) is 199 Å². The Balaban J connectivity index is 0.000000118. The van der Waals surface area contributed by atoms with Crippen LogP contribution < -0.4 is 18.9 Å². The van der Waals surface area contributed by atoms with Crippen molar-refractivity contribution in [1.29, 1.82) is 0 Å². The average Bonchev–Trinajstić information content (AvgIpc) is 1.64.